The number of β-amino-alcohol motifs (C(OH)–C–C–N with tert-alkyl or cyclic N) is 1. The molecular formula is C13H21N3O2. The van der Waals surface area contributed by atoms with Crippen LogP contribution in [-0.2, 0) is 6.54 Å². The standard InChI is InChI=1S/C13H21N3O2/c1-5-16-11(6-10(14-16)9(2)3)12(17)15-7-13(4,18)8-15/h6,9,18H,5,7-8H2,1-4H3. The molecule has 1 saturated heterocycles. The second-order valence-electron chi connectivity index (χ2n) is 5.58. The molecule has 0 saturated carbocycles. The molecule has 0 unspecified atom stereocenters. The summed E-state index contributed by atoms with van der Waals surface area (Å²) in [6, 6.07) is 1.86. The lowest BCUT2D eigenvalue weighted by Gasteiger charge is -2.44. The number of aryl methyl sites for hydroxylation is 1. The maximum absolute atomic E-state index is 12.3. The molecule has 0 aromatic carbocycles. The number of carbonyl (C=O) groups is 1. The molecule has 1 fully saturated rings. The van der Waals surface area contributed by atoms with Gasteiger partial charge in [-0.25, -0.2) is 0 Å². The zero-order valence-electron chi connectivity index (χ0n) is 11.5. The van der Waals surface area contributed by atoms with Gasteiger partial charge in [-0.2, -0.15) is 5.10 Å². The van der Waals surface area contributed by atoms with E-state index < -0.39 is 5.60 Å². The first-order chi connectivity index (χ1) is 8.34. The van der Waals surface area contributed by atoms with Crippen LogP contribution < -0.4 is 0 Å². The first-order valence-corrected chi connectivity index (χ1v) is 6.43. The van der Waals surface area contributed by atoms with Gasteiger partial charge in [0.1, 0.15) is 5.69 Å². The van der Waals surface area contributed by atoms with Gasteiger partial charge in [-0.05, 0) is 25.8 Å². The van der Waals surface area contributed by atoms with E-state index >= 15 is 0 Å². The van der Waals surface area contributed by atoms with Gasteiger partial charge in [0.05, 0.1) is 24.4 Å². The Hall–Kier alpha value is -1.36. The lowest BCUT2D eigenvalue weighted by atomic mass is 9.96. The molecule has 0 aliphatic carbocycles. The van der Waals surface area contributed by atoms with Crippen molar-refractivity contribution in [3.8, 4) is 0 Å². The van der Waals surface area contributed by atoms with E-state index in [0.29, 0.717) is 31.2 Å². The van der Waals surface area contributed by atoms with Crippen LogP contribution in [0.25, 0.3) is 0 Å². The Labute approximate surface area is 107 Å². The lowest BCUT2D eigenvalue weighted by Crippen LogP contribution is -2.61. The van der Waals surface area contributed by atoms with Crippen molar-refractivity contribution in [3.63, 3.8) is 0 Å². The van der Waals surface area contributed by atoms with Gasteiger partial charge >= 0.3 is 0 Å². The van der Waals surface area contributed by atoms with Crippen molar-refractivity contribution in [2.45, 2.75) is 45.8 Å². The van der Waals surface area contributed by atoms with Gasteiger partial charge in [0, 0.05) is 6.54 Å². The molecule has 0 radical (unpaired) electrons. The highest BCUT2D eigenvalue weighted by atomic mass is 16.3. The van der Waals surface area contributed by atoms with Crippen molar-refractivity contribution in [2.24, 2.45) is 0 Å². The SMILES string of the molecule is CCn1nc(C(C)C)cc1C(=O)N1CC(C)(O)C1. The van der Waals surface area contributed by atoms with Crippen LogP contribution in [0.3, 0.4) is 0 Å². The highest BCUT2D eigenvalue weighted by molar-refractivity contribution is 5.93. The molecule has 1 N–H and O–H groups in total. The van der Waals surface area contributed by atoms with Gasteiger partial charge in [0.15, 0.2) is 0 Å². The van der Waals surface area contributed by atoms with Crippen LogP contribution in [0.1, 0.15) is 49.8 Å². The molecule has 1 aromatic heterocycles. The number of aliphatic hydroxyl groups is 1. The van der Waals surface area contributed by atoms with Crippen molar-refractivity contribution >= 4 is 5.91 Å². The van der Waals surface area contributed by atoms with E-state index in [-0.39, 0.29) is 5.91 Å². The van der Waals surface area contributed by atoms with E-state index in [1.165, 1.54) is 0 Å². The monoisotopic (exact) mass is 251 g/mol. The summed E-state index contributed by atoms with van der Waals surface area (Å²) in [5, 5.41) is 14.1. The highest BCUT2D eigenvalue weighted by Gasteiger charge is 2.40. The van der Waals surface area contributed by atoms with Gasteiger partial charge in [-0.1, -0.05) is 13.8 Å². The van der Waals surface area contributed by atoms with Crippen LogP contribution >= 0.6 is 0 Å². The first kappa shape index (κ1) is 13.1. The Morgan fingerprint density at radius 1 is 1.56 bits per heavy atom. The number of carbonyl (C=O) groups excluding carboxylic acids is 1. The predicted octanol–water partition coefficient (Wildman–Crippen LogP) is 1.23. The Morgan fingerprint density at radius 2 is 2.17 bits per heavy atom. The fraction of sp³-hybridized carbons (Fsp3) is 0.692. The number of amides is 1. The zero-order valence-corrected chi connectivity index (χ0v) is 11.5. The molecule has 0 bridgehead atoms. The third-order valence-corrected chi connectivity index (χ3v) is 3.26. The normalized spacial score (nSPS) is 18.0. The molecule has 5 nitrogen and oxygen atoms in total. The highest BCUT2D eigenvalue weighted by Crippen LogP contribution is 2.23. The van der Waals surface area contributed by atoms with Gasteiger partial charge in [0.25, 0.3) is 5.91 Å². The average molecular weight is 251 g/mol. The van der Waals surface area contributed by atoms with Gasteiger partial charge in [-0.3, -0.25) is 9.48 Å². The minimum absolute atomic E-state index is 0.0391. The Bertz CT molecular complexity index is 455. The molecule has 100 valence electrons. The fourth-order valence-electron chi connectivity index (χ4n) is 2.21. The number of hydrogen-bond acceptors (Lipinski definition) is 3. The van der Waals surface area contributed by atoms with Crippen LogP contribution in [0.5, 0.6) is 0 Å². The second-order valence-corrected chi connectivity index (χ2v) is 5.58. The minimum atomic E-state index is -0.729. The summed E-state index contributed by atoms with van der Waals surface area (Å²) in [5.41, 5.74) is 0.831. The molecule has 1 aliphatic heterocycles. The summed E-state index contributed by atoms with van der Waals surface area (Å²) in [4.78, 5) is 13.9. The second kappa shape index (κ2) is 4.39. The summed E-state index contributed by atoms with van der Waals surface area (Å²) >= 11 is 0. The number of aromatic nitrogens is 2. The van der Waals surface area contributed by atoms with Gasteiger partial charge in [-0.15, -0.1) is 0 Å². The number of hydrogen-bond donors (Lipinski definition) is 1. The first-order valence-electron chi connectivity index (χ1n) is 6.43. The summed E-state index contributed by atoms with van der Waals surface area (Å²) in [6.07, 6.45) is 0. The third-order valence-electron chi connectivity index (χ3n) is 3.26. The topological polar surface area (TPSA) is 58.4 Å². The molecule has 18 heavy (non-hydrogen) atoms. The summed E-state index contributed by atoms with van der Waals surface area (Å²) in [6.45, 7) is 9.32. The smallest absolute Gasteiger partial charge is 0.272 e. The summed E-state index contributed by atoms with van der Waals surface area (Å²) in [5.74, 6) is 0.270. The Balaban J connectivity index is 2.20. The summed E-state index contributed by atoms with van der Waals surface area (Å²) < 4.78 is 1.74. The van der Waals surface area contributed by atoms with Crippen molar-refractivity contribution in [3.05, 3.63) is 17.5 Å². The molecule has 0 atom stereocenters. The molecule has 1 amide bonds. The van der Waals surface area contributed by atoms with Crippen LogP contribution in [0.4, 0.5) is 0 Å². The predicted molar refractivity (Wildman–Crippen MR) is 68.5 cm³/mol. The van der Waals surface area contributed by atoms with E-state index in [0.717, 1.165) is 5.69 Å². The maximum Gasteiger partial charge on any atom is 0.272 e. The zero-order chi connectivity index (χ0) is 13.5. The molecule has 5 heteroatoms. The summed E-state index contributed by atoms with van der Waals surface area (Å²) in [7, 11) is 0. The lowest BCUT2D eigenvalue weighted by molar-refractivity contribution is -0.0672. The molecule has 2 heterocycles. The molecule has 1 aromatic rings. The van der Waals surface area contributed by atoms with E-state index in [1.54, 1.807) is 16.5 Å². The van der Waals surface area contributed by atoms with Crippen molar-refractivity contribution in [2.75, 3.05) is 13.1 Å². The van der Waals surface area contributed by atoms with E-state index in [9.17, 15) is 9.90 Å². The van der Waals surface area contributed by atoms with Crippen LogP contribution in [0.2, 0.25) is 0 Å². The number of rotatable bonds is 3. The van der Waals surface area contributed by atoms with Crippen LogP contribution in [0.15, 0.2) is 6.07 Å². The molecule has 1 aliphatic rings. The van der Waals surface area contributed by atoms with Crippen LogP contribution in [-0.4, -0.2) is 44.4 Å². The molecule has 0 spiro atoms. The van der Waals surface area contributed by atoms with Gasteiger partial charge < -0.3 is 10.0 Å². The Morgan fingerprint density at radius 3 is 2.61 bits per heavy atom. The molecular weight excluding hydrogens is 230 g/mol. The average Bonchev–Trinajstić information content (AvgIpc) is 2.68. The van der Waals surface area contributed by atoms with Gasteiger partial charge in [0.2, 0.25) is 0 Å². The number of likely N-dealkylation sites (tertiary alicyclic amines) is 1. The van der Waals surface area contributed by atoms with E-state index in [4.69, 9.17) is 0 Å². The quantitative estimate of drug-likeness (QED) is 0.879. The minimum Gasteiger partial charge on any atom is -0.386 e. The Kier molecular flexibility index (Phi) is 3.19. The number of nitrogens with zero attached hydrogens (tertiary/aromatic N) is 3. The fourth-order valence-corrected chi connectivity index (χ4v) is 2.21. The van der Waals surface area contributed by atoms with Crippen molar-refractivity contribution < 1.29 is 9.90 Å². The van der Waals surface area contributed by atoms with E-state index in [1.807, 2.05) is 13.0 Å². The molecule has 2 rings (SSSR count). The van der Waals surface area contributed by atoms with Crippen molar-refractivity contribution in [1.29, 1.82) is 0 Å². The van der Waals surface area contributed by atoms with Crippen LogP contribution in [0, 0.1) is 0 Å². The largest absolute Gasteiger partial charge is 0.386 e. The maximum atomic E-state index is 12.3. The third kappa shape index (κ3) is 2.27. The van der Waals surface area contributed by atoms with Crippen molar-refractivity contribution in [1.82, 2.24) is 14.7 Å². The van der Waals surface area contributed by atoms with E-state index in [2.05, 4.69) is 18.9 Å².